The molecule has 3 heteroatoms. The topological polar surface area (TPSA) is 29.5 Å². The fourth-order valence-electron chi connectivity index (χ4n) is 2.86. The molecule has 1 aliphatic heterocycles. The van der Waals surface area contributed by atoms with Crippen LogP contribution in [0.2, 0.25) is 0 Å². The largest absolute Gasteiger partial charge is 0.466 e. The maximum atomic E-state index is 11.9. The van der Waals surface area contributed by atoms with E-state index in [0.717, 1.165) is 26.1 Å². The molecule has 2 unspecified atom stereocenters. The molecule has 1 aliphatic rings. The Labute approximate surface area is 115 Å². The van der Waals surface area contributed by atoms with E-state index in [9.17, 15) is 4.79 Å². The molecular weight excluding hydrogens is 238 g/mol. The van der Waals surface area contributed by atoms with Crippen LogP contribution in [0.3, 0.4) is 0 Å². The number of carbonyl (C=O) groups excluding carboxylic acids is 1. The molecule has 0 amide bonds. The smallest absolute Gasteiger partial charge is 0.310 e. The van der Waals surface area contributed by atoms with Crippen LogP contribution in [0.25, 0.3) is 0 Å². The van der Waals surface area contributed by atoms with Crippen molar-refractivity contribution in [2.75, 3.05) is 19.7 Å². The van der Waals surface area contributed by atoms with E-state index < -0.39 is 0 Å². The van der Waals surface area contributed by atoms with Gasteiger partial charge in [-0.3, -0.25) is 9.69 Å². The number of nitrogens with zero attached hydrogens (tertiary/aromatic N) is 1. The van der Waals surface area contributed by atoms with Gasteiger partial charge in [-0.1, -0.05) is 37.3 Å². The number of carbonyl (C=O) groups is 1. The Morgan fingerprint density at radius 1 is 1.32 bits per heavy atom. The first-order valence-electron chi connectivity index (χ1n) is 7.12. The summed E-state index contributed by atoms with van der Waals surface area (Å²) in [7, 11) is 0. The number of benzene rings is 1. The van der Waals surface area contributed by atoms with Crippen molar-refractivity contribution < 1.29 is 9.53 Å². The molecule has 19 heavy (non-hydrogen) atoms. The van der Waals surface area contributed by atoms with Crippen LogP contribution in [0.15, 0.2) is 30.3 Å². The maximum absolute atomic E-state index is 11.9. The SMILES string of the molecule is CCOC(=O)C1CC(C)CN(Cc2ccccc2)C1. The van der Waals surface area contributed by atoms with E-state index in [1.54, 1.807) is 0 Å². The van der Waals surface area contributed by atoms with E-state index in [-0.39, 0.29) is 11.9 Å². The van der Waals surface area contributed by atoms with Crippen LogP contribution < -0.4 is 0 Å². The van der Waals surface area contributed by atoms with Gasteiger partial charge < -0.3 is 4.74 Å². The van der Waals surface area contributed by atoms with Gasteiger partial charge in [-0.2, -0.15) is 0 Å². The lowest BCUT2D eigenvalue weighted by Crippen LogP contribution is -2.42. The minimum Gasteiger partial charge on any atom is -0.466 e. The van der Waals surface area contributed by atoms with Crippen molar-refractivity contribution in [2.45, 2.75) is 26.8 Å². The fourth-order valence-corrected chi connectivity index (χ4v) is 2.86. The standard InChI is InChI=1S/C16H23NO2/c1-3-19-16(18)15-9-13(2)10-17(12-15)11-14-7-5-4-6-8-14/h4-8,13,15H,3,9-12H2,1-2H3. The van der Waals surface area contributed by atoms with Gasteiger partial charge in [-0.25, -0.2) is 0 Å². The maximum Gasteiger partial charge on any atom is 0.310 e. The van der Waals surface area contributed by atoms with Gasteiger partial charge in [-0.05, 0) is 24.8 Å². The van der Waals surface area contributed by atoms with Crippen molar-refractivity contribution in [1.82, 2.24) is 4.90 Å². The highest BCUT2D eigenvalue weighted by molar-refractivity contribution is 5.72. The molecule has 0 N–H and O–H groups in total. The number of piperidine rings is 1. The molecule has 2 atom stereocenters. The van der Waals surface area contributed by atoms with Crippen LogP contribution in [-0.4, -0.2) is 30.6 Å². The van der Waals surface area contributed by atoms with Gasteiger partial charge in [0.05, 0.1) is 12.5 Å². The molecule has 2 rings (SSSR count). The second-order valence-corrected chi connectivity index (χ2v) is 5.47. The molecule has 0 bridgehead atoms. The molecule has 1 heterocycles. The molecular formula is C16H23NO2. The summed E-state index contributed by atoms with van der Waals surface area (Å²) >= 11 is 0. The Kier molecular flexibility index (Phi) is 4.97. The van der Waals surface area contributed by atoms with E-state index in [1.165, 1.54) is 5.56 Å². The Bertz CT molecular complexity index is 404. The molecule has 1 aromatic rings. The van der Waals surface area contributed by atoms with Gasteiger partial charge in [-0.15, -0.1) is 0 Å². The number of ether oxygens (including phenoxy) is 1. The van der Waals surface area contributed by atoms with Crippen molar-refractivity contribution in [1.29, 1.82) is 0 Å². The van der Waals surface area contributed by atoms with E-state index in [2.05, 4.69) is 36.1 Å². The molecule has 0 saturated carbocycles. The Morgan fingerprint density at radius 3 is 2.74 bits per heavy atom. The van der Waals surface area contributed by atoms with E-state index >= 15 is 0 Å². The predicted octanol–water partition coefficient (Wildman–Crippen LogP) is 2.71. The van der Waals surface area contributed by atoms with Crippen molar-refractivity contribution in [2.24, 2.45) is 11.8 Å². The van der Waals surface area contributed by atoms with Crippen molar-refractivity contribution in [3.05, 3.63) is 35.9 Å². The van der Waals surface area contributed by atoms with Crippen LogP contribution in [0.1, 0.15) is 25.8 Å². The quantitative estimate of drug-likeness (QED) is 0.780. The predicted molar refractivity (Wildman–Crippen MR) is 75.6 cm³/mol. The van der Waals surface area contributed by atoms with E-state index in [4.69, 9.17) is 4.74 Å². The minimum absolute atomic E-state index is 0.0346. The number of hydrogen-bond acceptors (Lipinski definition) is 3. The summed E-state index contributed by atoms with van der Waals surface area (Å²) in [5.74, 6) is 0.548. The number of esters is 1. The minimum atomic E-state index is -0.0351. The number of hydrogen-bond donors (Lipinski definition) is 0. The highest BCUT2D eigenvalue weighted by Crippen LogP contribution is 2.24. The highest BCUT2D eigenvalue weighted by Gasteiger charge is 2.30. The van der Waals surface area contributed by atoms with Crippen LogP contribution in [-0.2, 0) is 16.1 Å². The average Bonchev–Trinajstić information content (AvgIpc) is 2.39. The molecule has 0 aromatic heterocycles. The first-order valence-corrected chi connectivity index (χ1v) is 7.12. The Morgan fingerprint density at radius 2 is 2.05 bits per heavy atom. The summed E-state index contributed by atoms with van der Waals surface area (Å²) < 4.78 is 5.16. The zero-order chi connectivity index (χ0) is 13.7. The third-order valence-corrected chi connectivity index (χ3v) is 3.60. The second-order valence-electron chi connectivity index (χ2n) is 5.47. The molecule has 104 valence electrons. The summed E-state index contributed by atoms with van der Waals surface area (Å²) in [6.07, 6.45) is 0.949. The first-order chi connectivity index (χ1) is 9.19. The first kappa shape index (κ1) is 14.1. The molecule has 0 aliphatic carbocycles. The third-order valence-electron chi connectivity index (χ3n) is 3.60. The lowest BCUT2D eigenvalue weighted by Gasteiger charge is -2.35. The van der Waals surface area contributed by atoms with Gasteiger partial charge in [0.2, 0.25) is 0 Å². The average molecular weight is 261 g/mol. The Hall–Kier alpha value is -1.35. The van der Waals surface area contributed by atoms with Gasteiger partial charge >= 0.3 is 5.97 Å². The lowest BCUT2D eigenvalue weighted by molar-refractivity contribution is -0.150. The third kappa shape index (κ3) is 4.06. The summed E-state index contributed by atoms with van der Waals surface area (Å²) in [6.45, 7) is 7.35. The molecule has 3 nitrogen and oxygen atoms in total. The van der Waals surface area contributed by atoms with E-state index in [0.29, 0.717) is 12.5 Å². The summed E-state index contributed by atoms with van der Waals surface area (Å²) in [5, 5.41) is 0. The molecule has 1 saturated heterocycles. The molecule has 0 radical (unpaired) electrons. The van der Waals surface area contributed by atoms with Crippen molar-refractivity contribution in [3.63, 3.8) is 0 Å². The van der Waals surface area contributed by atoms with Crippen LogP contribution in [0, 0.1) is 11.8 Å². The van der Waals surface area contributed by atoms with Crippen LogP contribution in [0.5, 0.6) is 0 Å². The normalized spacial score (nSPS) is 24.1. The van der Waals surface area contributed by atoms with Crippen molar-refractivity contribution >= 4 is 5.97 Å². The zero-order valence-electron chi connectivity index (χ0n) is 11.8. The fraction of sp³-hybridized carbons (Fsp3) is 0.562. The number of rotatable bonds is 4. The van der Waals surface area contributed by atoms with Crippen LogP contribution in [0.4, 0.5) is 0 Å². The monoisotopic (exact) mass is 261 g/mol. The Balaban J connectivity index is 1.96. The number of likely N-dealkylation sites (tertiary alicyclic amines) is 1. The van der Waals surface area contributed by atoms with E-state index in [1.807, 2.05) is 13.0 Å². The summed E-state index contributed by atoms with van der Waals surface area (Å²) in [4.78, 5) is 14.3. The van der Waals surface area contributed by atoms with Crippen molar-refractivity contribution in [3.8, 4) is 0 Å². The lowest BCUT2D eigenvalue weighted by atomic mass is 9.90. The molecule has 1 aromatic carbocycles. The second kappa shape index (κ2) is 6.71. The molecule has 0 spiro atoms. The van der Waals surface area contributed by atoms with Gasteiger partial charge in [0.25, 0.3) is 0 Å². The van der Waals surface area contributed by atoms with Crippen LogP contribution >= 0.6 is 0 Å². The molecule has 1 fully saturated rings. The highest BCUT2D eigenvalue weighted by atomic mass is 16.5. The summed E-state index contributed by atoms with van der Waals surface area (Å²) in [6, 6.07) is 10.4. The zero-order valence-corrected chi connectivity index (χ0v) is 11.8. The van der Waals surface area contributed by atoms with Gasteiger partial charge in [0, 0.05) is 19.6 Å². The van der Waals surface area contributed by atoms with Gasteiger partial charge in [0.1, 0.15) is 0 Å². The summed E-state index contributed by atoms with van der Waals surface area (Å²) in [5.41, 5.74) is 1.30. The van der Waals surface area contributed by atoms with Gasteiger partial charge in [0.15, 0.2) is 0 Å².